The Morgan fingerprint density at radius 1 is 0.723 bits per heavy atom. The fourth-order valence-electron chi connectivity index (χ4n) is 5.38. The molecule has 0 unspecified atom stereocenters. The van der Waals surface area contributed by atoms with Gasteiger partial charge in [0.25, 0.3) is 0 Å². The Hall–Kier alpha value is -2.95. The van der Waals surface area contributed by atoms with Gasteiger partial charge in [0.05, 0.1) is 65.0 Å². The lowest BCUT2D eigenvalue weighted by molar-refractivity contribution is 0.00578. The Morgan fingerprint density at radius 2 is 1.21 bits per heavy atom. The van der Waals surface area contributed by atoms with E-state index in [0.29, 0.717) is 12.6 Å². The highest BCUT2D eigenvalue weighted by Crippen LogP contribution is 2.39. The summed E-state index contributed by atoms with van der Waals surface area (Å²) in [5.74, 6) is 0. The molecule has 1 saturated carbocycles. The average Bonchev–Trinajstić information content (AvgIpc) is 3.50. The van der Waals surface area contributed by atoms with E-state index in [9.17, 15) is 0 Å². The molecule has 0 bridgehead atoms. The van der Waals surface area contributed by atoms with Gasteiger partial charge in [-0.1, -0.05) is 38.1 Å². The van der Waals surface area contributed by atoms with Crippen molar-refractivity contribution in [1.29, 1.82) is 0 Å². The third-order valence-corrected chi connectivity index (χ3v) is 9.74. The number of ether oxygens (including phenoxy) is 1. The second-order valence-electron chi connectivity index (χ2n) is 14.0. The molecule has 4 aromatic rings. The minimum atomic E-state index is -0.347. The van der Waals surface area contributed by atoms with E-state index in [1.165, 1.54) is 18.4 Å². The summed E-state index contributed by atoms with van der Waals surface area (Å²) in [6.45, 7) is 27.9. The molecule has 3 aliphatic rings. The molecule has 0 amide bonds. The Bertz CT molecular complexity index is 1610. The lowest BCUT2D eigenvalue weighted by atomic mass is 9.79. The summed E-state index contributed by atoms with van der Waals surface area (Å²) in [5.41, 5.74) is 3.10. The normalized spacial score (nSPS) is 20.2. The van der Waals surface area contributed by atoms with Gasteiger partial charge < -0.3 is 23.4 Å². The summed E-state index contributed by atoms with van der Waals surface area (Å²) in [4.78, 5) is 0. The van der Waals surface area contributed by atoms with E-state index < -0.39 is 0 Å². The minimum Gasteiger partial charge on any atom is -0.399 e. The van der Waals surface area contributed by atoms with Crippen LogP contribution >= 0.6 is 0 Å². The van der Waals surface area contributed by atoms with E-state index in [0.717, 1.165) is 33.8 Å². The standard InChI is InChI=1S/C16H23BN2O3.C16H21BN2O2.C2H6.C2H4/c1-15(2)16(3,4)22-17(21-15)13-7-6-12-11-18-19(8-9-20-5)14(12)10-13;1-15(2)16(3,4)21-17(20-15)12-5-8-14-11(9-12)10-18-19(14)13-6-7-13;2*1-2/h6-7,10-11H,8-9H2,1-5H3;5,8-10,13H,6-7H2,1-4H3;1-2H3;1-2H2. The molecule has 254 valence electrons. The Morgan fingerprint density at radius 3 is 1.72 bits per heavy atom. The molecule has 2 aromatic heterocycles. The number of benzene rings is 2. The van der Waals surface area contributed by atoms with Crippen molar-refractivity contribution in [1.82, 2.24) is 19.6 Å². The van der Waals surface area contributed by atoms with Crippen LogP contribution in [0.4, 0.5) is 0 Å². The van der Waals surface area contributed by atoms with Crippen molar-refractivity contribution in [2.45, 2.75) is 117 Å². The highest BCUT2D eigenvalue weighted by atomic mass is 16.7. The zero-order chi connectivity index (χ0) is 34.8. The van der Waals surface area contributed by atoms with Gasteiger partial charge in [-0.3, -0.25) is 9.36 Å². The van der Waals surface area contributed by atoms with Gasteiger partial charge >= 0.3 is 14.2 Å². The first-order valence-corrected chi connectivity index (χ1v) is 16.8. The van der Waals surface area contributed by atoms with Crippen molar-refractivity contribution < 1.29 is 23.4 Å². The van der Waals surface area contributed by atoms with E-state index >= 15 is 0 Å². The van der Waals surface area contributed by atoms with Crippen LogP contribution in [-0.4, -0.2) is 69.9 Å². The molecular formula is C36H54B2N4O5. The molecule has 4 heterocycles. The molecule has 11 heteroatoms. The third kappa shape index (κ3) is 7.55. The number of rotatable bonds is 6. The fraction of sp³-hybridized carbons (Fsp3) is 0.556. The summed E-state index contributed by atoms with van der Waals surface area (Å²) < 4.78 is 33.7. The maximum Gasteiger partial charge on any atom is 0.494 e. The second kappa shape index (κ2) is 14.3. The predicted molar refractivity (Wildman–Crippen MR) is 194 cm³/mol. The van der Waals surface area contributed by atoms with Gasteiger partial charge in [0.1, 0.15) is 0 Å². The largest absolute Gasteiger partial charge is 0.494 e. The quantitative estimate of drug-likeness (QED) is 0.176. The van der Waals surface area contributed by atoms with Gasteiger partial charge in [-0.2, -0.15) is 10.2 Å². The summed E-state index contributed by atoms with van der Waals surface area (Å²) in [5, 5.41) is 11.2. The van der Waals surface area contributed by atoms with Gasteiger partial charge in [0, 0.05) is 17.9 Å². The summed E-state index contributed by atoms with van der Waals surface area (Å²) >= 11 is 0. The van der Waals surface area contributed by atoms with Crippen LogP contribution < -0.4 is 10.9 Å². The van der Waals surface area contributed by atoms with E-state index in [1.54, 1.807) is 7.11 Å². The summed E-state index contributed by atoms with van der Waals surface area (Å²) in [6.07, 6.45) is 6.31. The fourth-order valence-corrected chi connectivity index (χ4v) is 5.38. The second-order valence-corrected chi connectivity index (χ2v) is 14.0. The maximum absolute atomic E-state index is 6.12. The highest BCUT2D eigenvalue weighted by Gasteiger charge is 2.52. The molecule has 7 rings (SSSR count). The third-order valence-electron chi connectivity index (χ3n) is 9.74. The van der Waals surface area contributed by atoms with Crippen LogP contribution in [0.25, 0.3) is 21.8 Å². The highest BCUT2D eigenvalue weighted by molar-refractivity contribution is 6.62. The maximum atomic E-state index is 6.12. The average molecular weight is 644 g/mol. The molecule has 1 aliphatic carbocycles. The number of aromatic nitrogens is 4. The van der Waals surface area contributed by atoms with Crippen molar-refractivity contribution in [2.75, 3.05) is 13.7 Å². The van der Waals surface area contributed by atoms with Crippen molar-refractivity contribution >= 4 is 47.0 Å². The SMILES string of the molecule is C=C.CC.CC1(C)OB(c2ccc3c(cnn3C3CC3)c2)OC1(C)C.COCCn1ncc2ccc(B3OC(C)(C)C(C)(C)O3)cc21. The van der Waals surface area contributed by atoms with Crippen LogP contribution in [0.2, 0.25) is 0 Å². The van der Waals surface area contributed by atoms with E-state index in [1.807, 2.05) is 37.0 Å². The van der Waals surface area contributed by atoms with Crippen LogP contribution in [0, 0.1) is 0 Å². The lowest BCUT2D eigenvalue weighted by Crippen LogP contribution is -2.41. The van der Waals surface area contributed by atoms with Gasteiger partial charge in [-0.05, 0) is 91.3 Å². The summed E-state index contributed by atoms with van der Waals surface area (Å²) in [6, 6.07) is 13.2. The van der Waals surface area contributed by atoms with Crippen LogP contribution in [0.3, 0.4) is 0 Å². The minimum absolute atomic E-state index is 0.301. The Kier molecular flexibility index (Phi) is 11.2. The monoisotopic (exact) mass is 644 g/mol. The zero-order valence-corrected chi connectivity index (χ0v) is 30.4. The van der Waals surface area contributed by atoms with Gasteiger partial charge in [0.2, 0.25) is 0 Å². The molecule has 0 atom stereocenters. The van der Waals surface area contributed by atoms with Gasteiger partial charge in [-0.25, -0.2) is 0 Å². The van der Waals surface area contributed by atoms with Crippen LogP contribution in [0.15, 0.2) is 61.9 Å². The summed E-state index contributed by atoms with van der Waals surface area (Å²) in [7, 11) is 1.05. The first-order valence-electron chi connectivity index (χ1n) is 16.8. The van der Waals surface area contributed by atoms with Crippen molar-refractivity contribution in [2.24, 2.45) is 0 Å². The Labute approximate surface area is 282 Å². The first-order chi connectivity index (χ1) is 22.2. The molecule has 2 saturated heterocycles. The Balaban J connectivity index is 0.000000193. The lowest BCUT2D eigenvalue weighted by Gasteiger charge is -2.32. The van der Waals surface area contributed by atoms with Crippen LogP contribution in [0.1, 0.15) is 88.1 Å². The van der Waals surface area contributed by atoms with E-state index in [4.69, 9.17) is 23.4 Å². The molecule has 0 radical (unpaired) electrons. The smallest absolute Gasteiger partial charge is 0.399 e. The van der Waals surface area contributed by atoms with Crippen molar-refractivity contribution in [3.8, 4) is 0 Å². The number of hydrogen-bond donors (Lipinski definition) is 0. The molecule has 47 heavy (non-hydrogen) atoms. The molecule has 9 nitrogen and oxygen atoms in total. The van der Waals surface area contributed by atoms with E-state index in [-0.39, 0.29) is 36.6 Å². The van der Waals surface area contributed by atoms with Gasteiger partial charge in [-0.15, -0.1) is 13.2 Å². The predicted octanol–water partition coefficient (Wildman–Crippen LogP) is 6.48. The van der Waals surface area contributed by atoms with Crippen LogP contribution in [-0.2, 0) is 29.9 Å². The zero-order valence-electron chi connectivity index (χ0n) is 30.4. The van der Waals surface area contributed by atoms with Gasteiger partial charge in [0.15, 0.2) is 0 Å². The molecule has 0 spiro atoms. The number of fused-ring (bicyclic) bond motifs is 2. The molecule has 2 aromatic carbocycles. The molecule has 2 aliphatic heterocycles. The molecular weight excluding hydrogens is 590 g/mol. The van der Waals surface area contributed by atoms with Crippen LogP contribution in [0.5, 0.6) is 0 Å². The number of methoxy groups -OCH3 is 1. The topological polar surface area (TPSA) is 81.8 Å². The van der Waals surface area contributed by atoms with E-state index in [2.05, 4.69) is 114 Å². The van der Waals surface area contributed by atoms with Crippen molar-refractivity contribution in [3.63, 3.8) is 0 Å². The molecule has 3 fully saturated rings. The first kappa shape index (κ1) is 36.9. The van der Waals surface area contributed by atoms with Crippen molar-refractivity contribution in [3.05, 3.63) is 61.9 Å². The molecule has 0 N–H and O–H groups in total. The number of hydrogen-bond acceptors (Lipinski definition) is 7. The number of nitrogens with zero attached hydrogens (tertiary/aromatic N) is 4.